The molecule has 0 aliphatic heterocycles. The molecule has 1 aromatic carbocycles. The summed E-state index contributed by atoms with van der Waals surface area (Å²) in [6.07, 6.45) is 5.53. The van der Waals surface area contributed by atoms with Gasteiger partial charge in [0.05, 0.1) is 15.1 Å². The van der Waals surface area contributed by atoms with Gasteiger partial charge in [0.15, 0.2) is 0 Å². The van der Waals surface area contributed by atoms with Crippen LogP contribution in [0.5, 0.6) is 11.5 Å². The first-order valence-electron chi connectivity index (χ1n) is 8.31. The summed E-state index contributed by atoms with van der Waals surface area (Å²) >= 11 is 1.65. The van der Waals surface area contributed by atoms with Crippen molar-refractivity contribution in [2.75, 3.05) is 0 Å². The molecule has 4 heterocycles. The third-order valence-corrected chi connectivity index (χ3v) is 5.51. The molecule has 0 spiro atoms. The lowest BCUT2D eigenvalue weighted by molar-refractivity contribution is 0.489. The minimum absolute atomic E-state index is 0.812. The number of hydrogen-bond donors (Lipinski definition) is 1. The van der Waals surface area contributed by atoms with Crippen LogP contribution in [0.3, 0.4) is 0 Å². The predicted molar refractivity (Wildman–Crippen MR) is 105 cm³/mol. The molecule has 0 fully saturated rings. The van der Waals surface area contributed by atoms with Gasteiger partial charge in [-0.05, 0) is 37.3 Å². The summed E-state index contributed by atoms with van der Waals surface area (Å²) in [4.78, 5) is 13.3. The fourth-order valence-electron chi connectivity index (χ4n) is 3.15. The summed E-state index contributed by atoms with van der Waals surface area (Å²) < 4.78 is 9.23. The van der Waals surface area contributed by atoms with E-state index in [2.05, 4.69) is 40.1 Å². The smallest absolute Gasteiger partial charge is 0.149 e. The van der Waals surface area contributed by atoms with E-state index in [0.717, 1.165) is 49.0 Å². The van der Waals surface area contributed by atoms with Crippen LogP contribution in [-0.4, -0.2) is 19.5 Å². The number of ether oxygens (including phenoxy) is 1. The van der Waals surface area contributed by atoms with Gasteiger partial charge in [-0.15, -0.1) is 11.3 Å². The molecule has 5 rings (SSSR count). The highest BCUT2D eigenvalue weighted by Gasteiger charge is 2.13. The van der Waals surface area contributed by atoms with Gasteiger partial charge >= 0.3 is 0 Å². The summed E-state index contributed by atoms with van der Waals surface area (Å²) in [5, 5.41) is 1.14. The number of rotatable bonds is 3. The Bertz CT molecular complexity index is 1250. The highest BCUT2D eigenvalue weighted by Crippen LogP contribution is 2.38. The van der Waals surface area contributed by atoms with Crippen molar-refractivity contribution in [1.29, 1.82) is 0 Å². The van der Waals surface area contributed by atoms with Crippen molar-refractivity contribution in [3.05, 3.63) is 60.7 Å². The van der Waals surface area contributed by atoms with Gasteiger partial charge in [0.1, 0.15) is 17.3 Å². The van der Waals surface area contributed by atoms with Gasteiger partial charge < -0.3 is 14.3 Å². The van der Waals surface area contributed by atoms with Gasteiger partial charge in [-0.2, -0.15) is 0 Å². The maximum Gasteiger partial charge on any atom is 0.149 e. The molecular formula is C20H16N4OS. The van der Waals surface area contributed by atoms with E-state index in [1.165, 1.54) is 0 Å². The Morgan fingerprint density at radius 2 is 2.00 bits per heavy atom. The molecule has 128 valence electrons. The average molecular weight is 360 g/mol. The Balaban J connectivity index is 1.57. The maximum absolute atomic E-state index is 6.20. The van der Waals surface area contributed by atoms with Gasteiger partial charge in [-0.3, -0.25) is 4.98 Å². The maximum atomic E-state index is 6.20. The summed E-state index contributed by atoms with van der Waals surface area (Å²) in [5.41, 5.74) is 3.17. The molecule has 0 aliphatic rings. The molecule has 0 bridgehead atoms. The van der Waals surface area contributed by atoms with Crippen LogP contribution in [-0.2, 0) is 7.05 Å². The first kappa shape index (κ1) is 15.2. The summed E-state index contributed by atoms with van der Waals surface area (Å²) in [6.45, 7) is 2.05. The van der Waals surface area contributed by atoms with Crippen LogP contribution in [0.15, 0.2) is 55.0 Å². The number of aromatic nitrogens is 4. The van der Waals surface area contributed by atoms with Crippen LogP contribution in [0.4, 0.5) is 0 Å². The number of fused-ring (bicyclic) bond motifs is 2. The Hall–Kier alpha value is -3.12. The van der Waals surface area contributed by atoms with Crippen LogP contribution in [0.1, 0.15) is 5.69 Å². The highest BCUT2D eigenvalue weighted by atomic mass is 32.1. The van der Waals surface area contributed by atoms with Crippen LogP contribution < -0.4 is 4.74 Å². The number of thiophene rings is 1. The van der Waals surface area contributed by atoms with Crippen LogP contribution in [0, 0.1) is 6.92 Å². The van der Waals surface area contributed by atoms with Crippen LogP contribution in [0.2, 0.25) is 0 Å². The Kier molecular flexibility index (Phi) is 3.33. The molecule has 0 amide bonds. The molecule has 26 heavy (non-hydrogen) atoms. The number of H-pyrrole nitrogens is 1. The largest absolute Gasteiger partial charge is 0.456 e. The van der Waals surface area contributed by atoms with Crippen molar-refractivity contribution < 1.29 is 4.74 Å². The number of pyridine rings is 1. The fourth-order valence-corrected chi connectivity index (χ4v) is 4.26. The minimum Gasteiger partial charge on any atom is -0.456 e. The van der Waals surface area contributed by atoms with Crippen LogP contribution in [0.25, 0.3) is 31.8 Å². The zero-order valence-electron chi connectivity index (χ0n) is 14.4. The second kappa shape index (κ2) is 5.71. The van der Waals surface area contributed by atoms with E-state index >= 15 is 0 Å². The molecule has 0 aliphatic carbocycles. The summed E-state index contributed by atoms with van der Waals surface area (Å²) in [7, 11) is 1.99. The van der Waals surface area contributed by atoms with E-state index in [0.29, 0.717) is 0 Å². The number of hydrogen-bond acceptors (Lipinski definition) is 4. The zero-order valence-corrected chi connectivity index (χ0v) is 15.2. The second-order valence-electron chi connectivity index (χ2n) is 6.30. The number of aromatic amines is 1. The van der Waals surface area contributed by atoms with Crippen LogP contribution >= 0.6 is 11.3 Å². The Morgan fingerprint density at radius 3 is 2.85 bits per heavy atom. The third-order valence-electron chi connectivity index (χ3n) is 4.37. The van der Waals surface area contributed by atoms with E-state index in [-0.39, 0.29) is 0 Å². The van der Waals surface area contributed by atoms with E-state index in [9.17, 15) is 0 Å². The topological polar surface area (TPSA) is 55.7 Å². The van der Waals surface area contributed by atoms with Gasteiger partial charge in [0, 0.05) is 48.3 Å². The SMILES string of the molecule is Cc1cc2cc(Oc3ccnc4cc(-c5nccn5C)sc34)ccc2[nH]1. The number of nitrogens with one attached hydrogen (secondary N) is 1. The summed E-state index contributed by atoms with van der Waals surface area (Å²) in [5.74, 6) is 2.56. The lowest BCUT2D eigenvalue weighted by Gasteiger charge is -2.06. The molecule has 0 saturated carbocycles. The van der Waals surface area contributed by atoms with E-state index in [4.69, 9.17) is 4.74 Å². The summed E-state index contributed by atoms with van der Waals surface area (Å²) in [6, 6.07) is 12.2. The molecule has 6 heteroatoms. The molecule has 0 unspecified atom stereocenters. The minimum atomic E-state index is 0.812. The molecule has 0 saturated heterocycles. The van der Waals surface area contributed by atoms with E-state index in [1.54, 1.807) is 23.7 Å². The number of benzene rings is 1. The van der Waals surface area contributed by atoms with Crippen molar-refractivity contribution in [3.63, 3.8) is 0 Å². The molecule has 0 radical (unpaired) electrons. The normalized spacial score (nSPS) is 11.5. The molecular weight excluding hydrogens is 344 g/mol. The lowest BCUT2D eigenvalue weighted by atomic mass is 10.2. The van der Waals surface area contributed by atoms with Crippen molar-refractivity contribution in [1.82, 2.24) is 19.5 Å². The molecule has 1 N–H and O–H groups in total. The van der Waals surface area contributed by atoms with Gasteiger partial charge in [0.25, 0.3) is 0 Å². The van der Waals surface area contributed by atoms with Gasteiger partial charge in [-0.1, -0.05) is 0 Å². The van der Waals surface area contributed by atoms with E-state index < -0.39 is 0 Å². The van der Waals surface area contributed by atoms with Gasteiger partial charge in [0.2, 0.25) is 0 Å². The molecule has 5 nitrogen and oxygen atoms in total. The van der Waals surface area contributed by atoms with Gasteiger partial charge in [-0.25, -0.2) is 4.98 Å². The molecule has 4 aromatic heterocycles. The van der Waals surface area contributed by atoms with Crippen molar-refractivity contribution >= 4 is 32.5 Å². The van der Waals surface area contributed by atoms with Crippen molar-refractivity contribution in [2.24, 2.45) is 7.05 Å². The molecule has 0 atom stereocenters. The monoisotopic (exact) mass is 360 g/mol. The second-order valence-corrected chi connectivity index (χ2v) is 7.35. The average Bonchev–Trinajstić information content (AvgIpc) is 3.31. The number of aryl methyl sites for hydroxylation is 2. The Labute approximate surface area is 153 Å². The quantitative estimate of drug-likeness (QED) is 0.476. The standard InChI is InChI=1S/C20H16N4OS/c1-12-9-13-10-14(3-4-15(13)23-12)25-17-5-6-21-16-11-18(26-19(16)17)20-22-7-8-24(20)2/h3-11,23H,1-2H3. The first-order valence-corrected chi connectivity index (χ1v) is 9.12. The first-order chi connectivity index (χ1) is 12.7. The van der Waals surface area contributed by atoms with Crippen molar-refractivity contribution in [3.8, 4) is 22.2 Å². The third kappa shape index (κ3) is 2.46. The zero-order chi connectivity index (χ0) is 17.7. The van der Waals surface area contributed by atoms with Crippen molar-refractivity contribution in [2.45, 2.75) is 6.92 Å². The van der Waals surface area contributed by atoms with E-state index in [1.807, 2.05) is 36.0 Å². The fraction of sp³-hybridized carbons (Fsp3) is 0.100. The number of imidazole rings is 1. The predicted octanol–water partition coefficient (Wildman–Crippen LogP) is 5.28. The highest BCUT2D eigenvalue weighted by molar-refractivity contribution is 7.22. The Morgan fingerprint density at radius 1 is 1.08 bits per heavy atom. The lowest BCUT2D eigenvalue weighted by Crippen LogP contribution is -1.87. The molecule has 5 aromatic rings. The number of nitrogens with zero attached hydrogens (tertiary/aromatic N) is 3.